The zero-order chi connectivity index (χ0) is 7.56. The largest absolute Gasteiger partial charge is 0.364 e. The van der Waals surface area contributed by atoms with Crippen LogP contribution < -0.4 is 0 Å². The van der Waals surface area contributed by atoms with Crippen molar-refractivity contribution in [2.24, 2.45) is 0 Å². The highest BCUT2D eigenvalue weighted by Crippen LogP contribution is 2.14. The number of benzene rings is 1. The molecule has 0 saturated carbocycles. The van der Waals surface area contributed by atoms with Crippen LogP contribution in [0, 0.1) is 0 Å². The van der Waals surface area contributed by atoms with Gasteiger partial charge in [-0.15, -0.1) is 0 Å². The maximum Gasteiger partial charge on any atom is 0.178 e. The van der Waals surface area contributed by atoms with Crippen LogP contribution in [0.3, 0.4) is 0 Å². The Balaban J connectivity index is 2.89. The van der Waals surface area contributed by atoms with Gasteiger partial charge in [-0.1, -0.05) is 28.1 Å². The maximum absolute atomic E-state index is 8.65. The van der Waals surface area contributed by atoms with E-state index in [-0.39, 0.29) is 0 Å². The Labute approximate surface area is 67.3 Å². The third kappa shape index (κ3) is 1.80. The SMILES string of the molecule is OC(O)c1ccc(Br)cc1. The average Bonchev–Trinajstić information content (AvgIpc) is 1.88. The van der Waals surface area contributed by atoms with Crippen LogP contribution in [0.1, 0.15) is 11.9 Å². The van der Waals surface area contributed by atoms with Gasteiger partial charge >= 0.3 is 0 Å². The topological polar surface area (TPSA) is 40.5 Å². The molecule has 1 rings (SSSR count). The van der Waals surface area contributed by atoms with E-state index in [0.29, 0.717) is 5.56 Å². The van der Waals surface area contributed by atoms with E-state index < -0.39 is 6.29 Å². The summed E-state index contributed by atoms with van der Waals surface area (Å²) in [4.78, 5) is 0. The molecule has 0 atom stereocenters. The highest BCUT2D eigenvalue weighted by atomic mass is 79.9. The van der Waals surface area contributed by atoms with Crippen LogP contribution in [-0.4, -0.2) is 10.2 Å². The van der Waals surface area contributed by atoms with Gasteiger partial charge in [0.25, 0.3) is 0 Å². The molecule has 0 radical (unpaired) electrons. The third-order valence-electron chi connectivity index (χ3n) is 1.17. The number of aliphatic hydroxyl groups excluding tert-OH is 1. The van der Waals surface area contributed by atoms with E-state index in [9.17, 15) is 0 Å². The zero-order valence-electron chi connectivity index (χ0n) is 5.16. The second kappa shape index (κ2) is 3.14. The van der Waals surface area contributed by atoms with Crippen molar-refractivity contribution in [3.05, 3.63) is 34.3 Å². The Bertz CT molecular complexity index is 205. The molecule has 0 saturated heterocycles. The summed E-state index contributed by atoms with van der Waals surface area (Å²) in [7, 11) is 0. The van der Waals surface area contributed by atoms with Gasteiger partial charge in [-0.2, -0.15) is 0 Å². The van der Waals surface area contributed by atoms with Gasteiger partial charge in [0.2, 0.25) is 0 Å². The van der Waals surface area contributed by atoms with Gasteiger partial charge in [-0.05, 0) is 12.1 Å². The van der Waals surface area contributed by atoms with Crippen molar-refractivity contribution < 1.29 is 10.2 Å². The van der Waals surface area contributed by atoms with Crippen LogP contribution in [0.5, 0.6) is 0 Å². The van der Waals surface area contributed by atoms with Crippen molar-refractivity contribution in [2.45, 2.75) is 6.29 Å². The van der Waals surface area contributed by atoms with Crippen LogP contribution in [-0.2, 0) is 0 Å². The Hall–Kier alpha value is -0.380. The Morgan fingerprint density at radius 2 is 1.60 bits per heavy atom. The molecule has 2 N–H and O–H groups in total. The van der Waals surface area contributed by atoms with Gasteiger partial charge < -0.3 is 10.2 Å². The first-order valence-corrected chi connectivity index (χ1v) is 3.61. The number of rotatable bonds is 1. The van der Waals surface area contributed by atoms with E-state index in [1.54, 1.807) is 24.3 Å². The molecule has 0 heterocycles. The van der Waals surface area contributed by atoms with E-state index in [1.807, 2.05) is 0 Å². The summed E-state index contributed by atoms with van der Waals surface area (Å²) in [6.07, 6.45) is -1.37. The average molecular weight is 203 g/mol. The molecule has 0 fully saturated rings. The fourth-order valence-electron chi connectivity index (χ4n) is 0.635. The van der Waals surface area contributed by atoms with Gasteiger partial charge in [0.1, 0.15) is 0 Å². The summed E-state index contributed by atoms with van der Waals surface area (Å²) >= 11 is 3.23. The lowest BCUT2D eigenvalue weighted by Crippen LogP contribution is -1.92. The summed E-state index contributed by atoms with van der Waals surface area (Å²) < 4.78 is 0.928. The molecule has 3 heteroatoms. The normalized spacial score (nSPS) is 10.4. The molecule has 1 aromatic rings. The molecular formula is C7H7BrO2. The van der Waals surface area contributed by atoms with Crippen molar-refractivity contribution >= 4 is 15.9 Å². The molecule has 0 aliphatic heterocycles. The summed E-state index contributed by atoms with van der Waals surface area (Å²) in [5.74, 6) is 0. The summed E-state index contributed by atoms with van der Waals surface area (Å²) in [6, 6.07) is 6.81. The lowest BCUT2D eigenvalue weighted by Gasteiger charge is -2.01. The number of hydrogen-bond acceptors (Lipinski definition) is 2. The summed E-state index contributed by atoms with van der Waals surface area (Å²) in [5, 5.41) is 17.3. The fourth-order valence-corrected chi connectivity index (χ4v) is 0.899. The highest BCUT2D eigenvalue weighted by Gasteiger charge is 1.99. The first kappa shape index (κ1) is 7.72. The molecule has 1 aromatic carbocycles. The van der Waals surface area contributed by atoms with Gasteiger partial charge in [-0.25, -0.2) is 0 Å². The molecule has 0 aliphatic carbocycles. The van der Waals surface area contributed by atoms with E-state index >= 15 is 0 Å². The van der Waals surface area contributed by atoms with Crippen molar-refractivity contribution in [3.8, 4) is 0 Å². The molecule has 54 valence electrons. The van der Waals surface area contributed by atoms with Gasteiger partial charge in [-0.3, -0.25) is 0 Å². The molecule has 0 aliphatic rings. The minimum Gasteiger partial charge on any atom is -0.364 e. The van der Waals surface area contributed by atoms with Crippen molar-refractivity contribution in [1.82, 2.24) is 0 Å². The summed E-state index contributed by atoms with van der Waals surface area (Å²) in [5.41, 5.74) is 0.503. The minimum absolute atomic E-state index is 0.503. The van der Waals surface area contributed by atoms with Gasteiger partial charge in [0.05, 0.1) is 0 Å². The van der Waals surface area contributed by atoms with Crippen LogP contribution in [0.15, 0.2) is 28.7 Å². The van der Waals surface area contributed by atoms with E-state index in [1.165, 1.54) is 0 Å². The Kier molecular flexibility index (Phi) is 2.43. The van der Waals surface area contributed by atoms with Crippen LogP contribution in [0.2, 0.25) is 0 Å². The standard InChI is InChI=1S/C7H7BrO2/c8-6-3-1-5(2-4-6)7(9)10/h1-4,7,9-10H. The quantitative estimate of drug-likeness (QED) is 0.677. The molecule has 2 nitrogen and oxygen atoms in total. The smallest absolute Gasteiger partial charge is 0.178 e. The zero-order valence-corrected chi connectivity index (χ0v) is 6.75. The monoisotopic (exact) mass is 202 g/mol. The van der Waals surface area contributed by atoms with Crippen molar-refractivity contribution in [1.29, 1.82) is 0 Å². The highest BCUT2D eigenvalue weighted by molar-refractivity contribution is 9.10. The fraction of sp³-hybridized carbons (Fsp3) is 0.143. The van der Waals surface area contributed by atoms with E-state index in [2.05, 4.69) is 15.9 Å². The van der Waals surface area contributed by atoms with Crippen LogP contribution in [0.25, 0.3) is 0 Å². The van der Waals surface area contributed by atoms with Gasteiger partial charge in [0, 0.05) is 10.0 Å². The Morgan fingerprint density at radius 1 is 1.10 bits per heavy atom. The van der Waals surface area contributed by atoms with Crippen molar-refractivity contribution in [2.75, 3.05) is 0 Å². The molecule has 0 spiro atoms. The molecule has 0 aromatic heterocycles. The van der Waals surface area contributed by atoms with E-state index in [0.717, 1.165) is 4.47 Å². The second-order valence-electron chi connectivity index (χ2n) is 1.93. The molecule has 0 bridgehead atoms. The Morgan fingerprint density at radius 3 is 2.00 bits per heavy atom. The molecule has 0 unspecified atom stereocenters. The van der Waals surface area contributed by atoms with Crippen LogP contribution in [0.4, 0.5) is 0 Å². The first-order chi connectivity index (χ1) is 4.70. The second-order valence-corrected chi connectivity index (χ2v) is 2.84. The van der Waals surface area contributed by atoms with Crippen molar-refractivity contribution in [3.63, 3.8) is 0 Å². The molecule has 0 amide bonds. The number of aliphatic hydroxyl groups is 2. The third-order valence-corrected chi connectivity index (χ3v) is 1.70. The maximum atomic E-state index is 8.65. The predicted octanol–water partition coefficient (Wildman–Crippen LogP) is 1.43. The van der Waals surface area contributed by atoms with Gasteiger partial charge in [0.15, 0.2) is 6.29 Å². The lowest BCUT2D eigenvalue weighted by molar-refractivity contribution is -0.0424. The summed E-state index contributed by atoms with van der Waals surface area (Å²) in [6.45, 7) is 0. The number of hydrogen-bond donors (Lipinski definition) is 2. The van der Waals surface area contributed by atoms with Crippen LogP contribution >= 0.6 is 15.9 Å². The lowest BCUT2D eigenvalue weighted by atomic mass is 10.2. The predicted molar refractivity (Wildman–Crippen MR) is 41.3 cm³/mol. The minimum atomic E-state index is -1.37. The van der Waals surface area contributed by atoms with E-state index in [4.69, 9.17) is 10.2 Å². The molecule has 10 heavy (non-hydrogen) atoms. The number of halogens is 1. The first-order valence-electron chi connectivity index (χ1n) is 2.82. The molecular weight excluding hydrogens is 196 g/mol.